The van der Waals surface area contributed by atoms with E-state index in [1.54, 1.807) is 0 Å². The van der Waals surface area contributed by atoms with Crippen molar-refractivity contribution in [3.63, 3.8) is 0 Å². The zero-order chi connectivity index (χ0) is 14.4. The molecule has 0 aromatic heterocycles. The lowest BCUT2D eigenvalue weighted by Gasteiger charge is -2.26. The van der Waals surface area contributed by atoms with E-state index in [2.05, 4.69) is 10.3 Å². The quantitative estimate of drug-likeness (QED) is 0.466. The van der Waals surface area contributed by atoms with Crippen LogP contribution < -0.4 is 11.1 Å². The third-order valence-electron chi connectivity index (χ3n) is 3.88. The van der Waals surface area contributed by atoms with E-state index in [1.807, 2.05) is 0 Å². The number of rotatable bonds is 2. The predicted octanol–water partition coefficient (Wildman–Crippen LogP) is -2.00. The monoisotopic (exact) mass is 285 g/mol. The minimum absolute atomic E-state index is 0.246. The standard InChI is InChI=1S/C12H16FN3O4/c13-8-11(19)6(3-17)20-12(8)10-9-4(1-7(14)16-9)5(18)2-15-10/h2,6-8,10-12,16-17,19H,1,3,14H2/t6-,7?,8+,10?,11-,12-/m1/s1. The van der Waals surface area contributed by atoms with E-state index in [0.29, 0.717) is 17.7 Å². The highest BCUT2D eigenvalue weighted by Gasteiger charge is 2.50. The van der Waals surface area contributed by atoms with Crippen LogP contribution in [0.25, 0.3) is 0 Å². The summed E-state index contributed by atoms with van der Waals surface area (Å²) in [5.41, 5.74) is 6.69. The van der Waals surface area contributed by atoms with E-state index in [9.17, 15) is 14.3 Å². The molecule has 3 rings (SSSR count). The van der Waals surface area contributed by atoms with Gasteiger partial charge in [-0.3, -0.25) is 9.79 Å². The van der Waals surface area contributed by atoms with Crippen molar-refractivity contribution in [3.05, 3.63) is 11.3 Å². The molecule has 3 heterocycles. The normalized spacial score (nSPS) is 43.9. The number of aliphatic hydroxyl groups is 2. The molecule has 0 aromatic carbocycles. The van der Waals surface area contributed by atoms with Crippen LogP contribution in [0.5, 0.6) is 0 Å². The van der Waals surface area contributed by atoms with Crippen LogP contribution >= 0.6 is 0 Å². The number of alkyl halides is 1. The summed E-state index contributed by atoms with van der Waals surface area (Å²) in [5, 5.41) is 21.6. The van der Waals surface area contributed by atoms with E-state index in [4.69, 9.17) is 15.6 Å². The Morgan fingerprint density at radius 2 is 2.35 bits per heavy atom. The fourth-order valence-electron chi connectivity index (χ4n) is 2.87. The average Bonchev–Trinajstić information content (AvgIpc) is 2.94. The van der Waals surface area contributed by atoms with Crippen LogP contribution in [0, 0.1) is 0 Å². The Morgan fingerprint density at radius 3 is 3.00 bits per heavy atom. The number of hydrogen-bond donors (Lipinski definition) is 4. The molecule has 3 aliphatic rings. The number of nitrogens with one attached hydrogen (secondary N) is 1. The van der Waals surface area contributed by atoms with Crippen molar-refractivity contribution < 1.29 is 24.1 Å². The minimum Gasteiger partial charge on any atom is -0.394 e. The second-order valence-corrected chi connectivity index (χ2v) is 5.19. The van der Waals surface area contributed by atoms with Crippen molar-refractivity contribution in [3.8, 4) is 0 Å². The number of ketones is 1. The highest BCUT2D eigenvalue weighted by atomic mass is 19.1. The number of ether oxygens (including phenoxy) is 1. The lowest BCUT2D eigenvalue weighted by atomic mass is 9.95. The van der Waals surface area contributed by atoms with Gasteiger partial charge in [-0.2, -0.15) is 0 Å². The van der Waals surface area contributed by atoms with Gasteiger partial charge in [-0.15, -0.1) is 0 Å². The van der Waals surface area contributed by atoms with Crippen molar-refractivity contribution in [1.82, 2.24) is 5.32 Å². The zero-order valence-corrected chi connectivity index (χ0v) is 10.6. The van der Waals surface area contributed by atoms with E-state index >= 15 is 0 Å². The zero-order valence-electron chi connectivity index (χ0n) is 10.6. The van der Waals surface area contributed by atoms with Crippen molar-refractivity contribution in [2.24, 2.45) is 10.7 Å². The van der Waals surface area contributed by atoms with Crippen LogP contribution in [-0.2, 0) is 9.53 Å². The van der Waals surface area contributed by atoms with E-state index in [0.717, 1.165) is 6.21 Å². The smallest absolute Gasteiger partial charge is 0.201 e. The number of aliphatic imine (C=N–C) groups is 1. The van der Waals surface area contributed by atoms with Gasteiger partial charge in [0, 0.05) is 17.7 Å². The first kappa shape index (κ1) is 13.6. The fourth-order valence-corrected chi connectivity index (χ4v) is 2.87. The Hall–Kier alpha value is -1.35. The van der Waals surface area contributed by atoms with Gasteiger partial charge < -0.3 is 26.0 Å². The first-order chi connectivity index (χ1) is 9.52. The van der Waals surface area contributed by atoms with Crippen LogP contribution in [0.3, 0.4) is 0 Å². The molecule has 0 aromatic rings. The highest BCUT2D eigenvalue weighted by molar-refractivity contribution is 6.36. The largest absolute Gasteiger partial charge is 0.394 e. The molecule has 0 aliphatic carbocycles. The average molecular weight is 285 g/mol. The fraction of sp³-hybridized carbons (Fsp3) is 0.667. The maximum Gasteiger partial charge on any atom is 0.201 e. The van der Waals surface area contributed by atoms with E-state index < -0.39 is 43.3 Å². The summed E-state index contributed by atoms with van der Waals surface area (Å²) < 4.78 is 19.5. The molecule has 0 spiro atoms. The first-order valence-electron chi connectivity index (χ1n) is 6.44. The molecule has 0 saturated carbocycles. The van der Waals surface area contributed by atoms with Crippen LogP contribution in [0.1, 0.15) is 6.42 Å². The molecule has 6 atom stereocenters. The summed E-state index contributed by atoms with van der Waals surface area (Å²) in [6, 6.07) is -0.752. The van der Waals surface area contributed by atoms with Gasteiger partial charge in [0.15, 0.2) is 6.17 Å². The molecule has 1 fully saturated rings. The lowest BCUT2D eigenvalue weighted by molar-refractivity contribution is -0.109. The van der Waals surface area contributed by atoms with Crippen molar-refractivity contribution in [2.45, 2.75) is 43.1 Å². The molecule has 7 nitrogen and oxygen atoms in total. The van der Waals surface area contributed by atoms with Gasteiger partial charge in [0.25, 0.3) is 0 Å². The number of nitrogens with two attached hydrogens (primary N) is 1. The third-order valence-corrected chi connectivity index (χ3v) is 3.88. The summed E-state index contributed by atoms with van der Waals surface area (Å²) in [5.74, 6) is -0.246. The van der Waals surface area contributed by atoms with Crippen LogP contribution in [-0.4, -0.2) is 65.5 Å². The summed E-state index contributed by atoms with van der Waals surface area (Å²) in [6.07, 6.45) is -4.04. The molecular formula is C12H16FN3O4. The molecule has 0 radical (unpaired) electrons. The Kier molecular flexibility index (Phi) is 3.33. The molecule has 5 N–H and O–H groups in total. The number of carbonyl (C=O) groups excluding carboxylic acids is 1. The molecule has 0 bridgehead atoms. The van der Waals surface area contributed by atoms with Gasteiger partial charge in [0.1, 0.15) is 24.4 Å². The Bertz CT molecular complexity index is 495. The predicted molar refractivity (Wildman–Crippen MR) is 66.7 cm³/mol. The number of aliphatic hydroxyl groups excluding tert-OH is 2. The van der Waals surface area contributed by atoms with Crippen molar-refractivity contribution >= 4 is 12.0 Å². The SMILES string of the molecule is NC1CC2=C(N1)C([C@@H]1O[C@H](CO)[C@@H](O)[C@@H]1F)N=CC2=O. The van der Waals surface area contributed by atoms with Gasteiger partial charge >= 0.3 is 0 Å². The maximum atomic E-state index is 14.1. The van der Waals surface area contributed by atoms with Gasteiger partial charge in [-0.05, 0) is 0 Å². The van der Waals surface area contributed by atoms with Crippen molar-refractivity contribution in [2.75, 3.05) is 6.61 Å². The molecule has 110 valence electrons. The molecule has 3 aliphatic heterocycles. The van der Waals surface area contributed by atoms with E-state index in [1.165, 1.54) is 0 Å². The first-order valence-corrected chi connectivity index (χ1v) is 6.44. The number of carbonyl (C=O) groups is 1. The van der Waals surface area contributed by atoms with Crippen LogP contribution in [0.15, 0.2) is 16.3 Å². The molecule has 8 heteroatoms. The van der Waals surface area contributed by atoms with Gasteiger partial charge in [0.2, 0.25) is 5.78 Å². The topological polar surface area (TPSA) is 117 Å². The minimum atomic E-state index is -1.69. The van der Waals surface area contributed by atoms with Gasteiger partial charge in [-0.25, -0.2) is 4.39 Å². The molecular weight excluding hydrogens is 269 g/mol. The summed E-state index contributed by atoms with van der Waals surface area (Å²) >= 11 is 0. The number of hydrogen-bond acceptors (Lipinski definition) is 7. The molecule has 0 amide bonds. The van der Waals surface area contributed by atoms with Gasteiger partial charge in [0.05, 0.1) is 19.0 Å². The highest BCUT2D eigenvalue weighted by Crippen LogP contribution is 2.34. The summed E-state index contributed by atoms with van der Waals surface area (Å²) in [6.45, 7) is -0.480. The number of dihydropyridines is 1. The number of nitrogens with zero attached hydrogens (tertiary/aromatic N) is 1. The molecule has 1 saturated heterocycles. The number of halogens is 1. The van der Waals surface area contributed by atoms with Crippen LogP contribution in [0.2, 0.25) is 0 Å². The summed E-state index contributed by atoms with van der Waals surface area (Å²) in [4.78, 5) is 15.7. The molecule has 2 unspecified atom stereocenters. The second kappa shape index (κ2) is 4.88. The second-order valence-electron chi connectivity index (χ2n) is 5.19. The maximum absolute atomic E-state index is 14.1. The van der Waals surface area contributed by atoms with E-state index in [-0.39, 0.29) is 5.78 Å². The van der Waals surface area contributed by atoms with Crippen molar-refractivity contribution in [1.29, 1.82) is 0 Å². The Balaban J connectivity index is 1.87. The Morgan fingerprint density at radius 1 is 1.60 bits per heavy atom. The molecule has 20 heavy (non-hydrogen) atoms. The number of Topliss-reactive ketones (excluding diaryl/α,β-unsaturated/α-hetero) is 1. The third kappa shape index (κ3) is 1.96. The lowest BCUT2D eigenvalue weighted by Crippen LogP contribution is -2.42. The van der Waals surface area contributed by atoms with Crippen LogP contribution in [0.4, 0.5) is 4.39 Å². The van der Waals surface area contributed by atoms with Gasteiger partial charge in [-0.1, -0.05) is 0 Å². The Labute approximate surface area is 114 Å². The summed E-state index contributed by atoms with van der Waals surface area (Å²) in [7, 11) is 0.